The van der Waals surface area contributed by atoms with Crippen LogP contribution < -0.4 is 14.9 Å². The molecule has 0 aliphatic carbocycles. The molecule has 0 radical (unpaired) electrons. The summed E-state index contributed by atoms with van der Waals surface area (Å²) in [6.07, 6.45) is 0. The summed E-state index contributed by atoms with van der Waals surface area (Å²) >= 11 is 0. The van der Waals surface area contributed by atoms with Crippen LogP contribution >= 0.6 is 0 Å². The van der Waals surface area contributed by atoms with Crippen molar-refractivity contribution in [2.24, 2.45) is 5.10 Å². The van der Waals surface area contributed by atoms with Crippen LogP contribution in [0.1, 0.15) is 18.1 Å². The number of nitrogens with zero attached hydrogens (tertiary/aromatic N) is 1. The van der Waals surface area contributed by atoms with E-state index in [1.165, 1.54) is 24.3 Å². The summed E-state index contributed by atoms with van der Waals surface area (Å²) in [4.78, 5) is 11.8. The lowest BCUT2D eigenvalue weighted by Crippen LogP contribution is -2.25. The first-order valence-corrected chi connectivity index (χ1v) is 7.36. The molecule has 1 N–H and O–H groups in total. The van der Waals surface area contributed by atoms with Crippen LogP contribution in [0.3, 0.4) is 0 Å². The lowest BCUT2D eigenvalue weighted by Gasteiger charge is -2.09. The Bertz CT molecular complexity index is 742. The van der Waals surface area contributed by atoms with Gasteiger partial charge in [0.05, 0.1) is 12.8 Å². The second-order valence-electron chi connectivity index (χ2n) is 5.18. The lowest BCUT2D eigenvalue weighted by molar-refractivity contribution is -0.123. The summed E-state index contributed by atoms with van der Waals surface area (Å²) in [6.45, 7) is 3.52. The smallest absolute Gasteiger partial charge is 0.277 e. The number of carbonyl (C=O) groups is 1. The number of methoxy groups -OCH3 is 1. The monoisotopic (exact) mass is 330 g/mol. The standard InChI is InChI=1S/C18H19FN2O3/c1-12-4-9-17(23-3)16(10-12)13(2)20-21-18(22)11-24-15-7-5-14(19)6-8-15/h4-10H,11H2,1-3H3,(H,21,22)/b20-13-. The van der Waals surface area contributed by atoms with Crippen molar-refractivity contribution >= 4 is 11.6 Å². The van der Waals surface area contributed by atoms with Crippen molar-refractivity contribution in [2.75, 3.05) is 13.7 Å². The SMILES string of the molecule is COc1ccc(C)cc1/C(C)=N\NC(=O)COc1ccc(F)cc1. The summed E-state index contributed by atoms with van der Waals surface area (Å²) in [5.74, 6) is 0.315. The van der Waals surface area contributed by atoms with E-state index in [1.807, 2.05) is 25.1 Å². The van der Waals surface area contributed by atoms with Gasteiger partial charge in [0.1, 0.15) is 17.3 Å². The Labute approximate surface area is 140 Å². The molecule has 0 atom stereocenters. The Balaban J connectivity index is 1.95. The highest BCUT2D eigenvalue weighted by atomic mass is 19.1. The first kappa shape index (κ1) is 17.5. The summed E-state index contributed by atoms with van der Waals surface area (Å²) in [6, 6.07) is 11.1. The summed E-state index contributed by atoms with van der Waals surface area (Å²) < 4.78 is 23.3. The van der Waals surface area contributed by atoms with Crippen molar-refractivity contribution in [1.82, 2.24) is 5.43 Å². The van der Waals surface area contributed by atoms with Gasteiger partial charge in [0, 0.05) is 5.56 Å². The molecule has 5 nitrogen and oxygen atoms in total. The minimum absolute atomic E-state index is 0.215. The van der Waals surface area contributed by atoms with Crippen LogP contribution in [-0.4, -0.2) is 25.3 Å². The van der Waals surface area contributed by atoms with E-state index in [2.05, 4.69) is 10.5 Å². The van der Waals surface area contributed by atoms with Gasteiger partial charge in [-0.1, -0.05) is 11.6 Å². The van der Waals surface area contributed by atoms with Crippen LogP contribution in [0.25, 0.3) is 0 Å². The Kier molecular flexibility index (Phi) is 5.89. The van der Waals surface area contributed by atoms with Gasteiger partial charge in [0.25, 0.3) is 5.91 Å². The van der Waals surface area contributed by atoms with E-state index in [0.717, 1.165) is 11.1 Å². The van der Waals surface area contributed by atoms with E-state index in [0.29, 0.717) is 17.2 Å². The van der Waals surface area contributed by atoms with E-state index in [1.54, 1.807) is 14.0 Å². The van der Waals surface area contributed by atoms with Crippen LogP contribution in [0.4, 0.5) is 4.39 Å². The quantitative estimate of drug-likeness (QED) is 0.654. The molecule has 0 aliphatic heterocycles. The van der Waals surface area contributed by atoms with Gasteiger partial charge in [-0.25, -0.2) is 9.82 Å². The van der Waals surface area contributed by atoms with Crippen molar-refractivity contribution in [3.05, 3.63) is 59.4 Å². The molecular weight excluding hydrogens is 311 g/mol. The molecule has 2 aromatic rings. The van der Waals surface area contributed by atoms with Crippen molar-refractivity contribution < 1.29 is 18.7 Å². The maximum atomic E-state index is 12.8. The minimum Gasteiger partial charge on any atom is -0.496 e. The first-order chi connectivity index (χ1) is 11.5. The van der Waals surface area contributed by atoms with E-state index in [9.17, 15) is 9.18 Å². The molecule has 126 valence electrons. The Morgan fingerprint density at radius 1 is 1.21 bits per heavy atom. The van der Waals surface area contributed by atoms with Crippen LogP contribution in [0.15, 0.2) is 47.6 Å². The maximum Gasteiger partial charge on any atom is 0.277 e. The second kappa shape index (κ2) is 8.10. The zero-order chi connectivity index (χ0) is 17.5. The average molecular weight is 330 g/mol. The molecule has 0 spiro atoms. The highest BCUT2D eigenvalue weighted by Gasteiger charge is 2.08. The molecule has 2 rings (SSSR count). The molecule has 6 heteroatoms. The molecule has 2 aromatic carbocycles. The highest BCUT2D eigenvalue weighted by molar-refractivity contribution is 6.01. The normalized spacial score (nSPS) is 11.1. The number of rotatable bonds is 6. The third-order valence-corrected chi connectivity index (χ3v) is 3.28. The average Bonchev–Trinajstić information content (AvgIpc) is 2.59. The Morgan fingerprint density at radius 3 is 2.58 bits per heavy atom. The fourth-order valence-corrected chi connectivity index (χ4v) is 2.02. The van der Waals surface area contributed by atoms with Crippen LogP contribution in [0.2, 0.25) is 0 Å². The van der Waals surface area contributed by atoms with Gasteiger partial charge in [-0.2, -0.15) is 5.10 Å². The van der Waals surface area contributed by atoms with Gasteiger partial charge < -0.3 is 9.47 Å². The molecule has 0 heterocycles. The number of hydrogen-bond acceptors (Lipinski definition) is 4. The predicted molar refractivity (Wildman–Crippen MR) is 90.0 cm³/mol. The summed E-state index contributed by atoms with van der Waals surface area (Å²) in [5, 5.41) is 4.07. The number of nitrogens with one attached hydrogen (secondary N) is 1. The summed E-state index contributed by atoms with van der Waals surface area (Å²) in [5.41, 5.74) is 4.91. The fraction of sp³-hybridized carbons (Fsp3) is 0.222. The zero-order valence-corrected chi connectivity index (χ0v) is 13.8. The first-order valence-electron chi connectivity index (χ1n) is 7.36. The van der Waals surface area contributed by atoms with Crippen molar-refractivity contribution in [3.8, 4) is 11.5 Å². The van der Waals surface area contributed by atoms with Gasteiger partial charge in [-0.3, -0.25) is 4.79 Å². The highest BCUT2D eigenvalue weighted by Crippen LogP contribution is 2.20. The molecule has 1 amide bonds. The van der Waals surface area contributed by atoms with E-state index in [4.69, 9.17) is 9.47 Å². The number of ether oxygens (including phenoxy) is 2. The molecule has 0 aromatic heterocycles. The van der Waals surface area contributed by atoms with Gasteiger partial charge >= 0.3 is 0 Å². The molecule has 0 bridgehead atoms. The van der Waals surface area contributed by atoms with Gasteiger partial charge in [0.2, 0.25) is 0 Å². The Morgan fingerprint density at radius 2 is 1.92 bits per heavy atom. The maximum absolute atomic E-state index is 12.8. The predicted octanol–water partition coefficient (Wildman–Crippen LogP) is 3.06. The number of amides is 1. The Hall–Kier alpha value is -2.89. The van der Waals surface area contributed by atoms with Gasteiger partial charge in [-0.15, -0.1) is 0 Å². The molecule has 0 saturated heterocycles. The minimum atomic E-state index is -0.412. The molecule has 0 saturated carbocycles. The van der Waals surface area contributed by atoms with Crippen molar-refractivity contribution in [1.29, 1.82) is 0 Å². The molecular formula is C18H19FN2O3. The molecule has 0 unspecified atom stereocenters. The summed E-state index contributed by atoms with van der Waals surface area (Å²) in [7, 11) is 1.58. The third kappa shape index (κ3) is 4.81. The molecule has 0 fully saturated rings. The molecule has 0 aliphatic rings. The number of carbonyl (C=O) groups excluding carboxylic acids is 1. The number of aryl methyl sites for hydroxylation is 1. The topological polar surface area (TPSA) is 59.9 Å². The number of benzene rings is 2. The van der Waals surface area contributed by atoms with Crippen LogP contribution in [-0.2, 0) is 4.79 Å². The number of hydrogen-bond donors (Lipinski definition) is 1. The number of halogens is 1. The van der Waals surface area contributed by atoms with E-state index < -0.39 is 5.91 Å². The van der Waals surface area contributed by atoms with Crippen molar-refractivity contribution in [3.63, 3.8) is 0 Å². The number of hydrazone groups is 1. The van der Waals surface area contributed by atoms with Crippen LogP contribution in [0.5, 0.6) is 11.5 Å². The molecule has 24 heavy (non-hydrogen) atoms. The van der Waals surface area contributed by atoms with E-state index in [-0.39, 0.29) is 12.4 Å². The third-order valence-electron chi connectivity index (χ3n) is 3.28. The fourth-order valence-electron chi connectivity index (χ4n) is 2.02. The lowest BCUT2D eigenvalue weighted by atomic mass is 10.1. The van der Waals surface area contributed by atoms with Gasteiger partial charge in [-0.05, 0) is 50.2 Å². The largest absolute Gasteiger partial charge is 0.496 e. The van der Waals surface area contributed by atoms with Gasteiger partial charge in [0.15, 0.2) is 6.61 Å². The van der Waals surface area contributed by atoms with E-state index >= 15 is 0 Å². The van der Waals surface area contributed by atoms with Crippen molar-refractivity contribution in [2.45, 2.75) is 13.8 Å². The zero-order valence-electron chi connectivity index (χ0n) is 13.8. The second-order valence-corrected chi connectivity index (χ2v) is 5.18. The van der Waals surface area contributed by atoms with Crippen LogP contribution in [0, 0.1) is 12.7 Å².